The molecular weight excluding hydrogens is 278 g/mol. The highest BCUT2D eigenvalue weighted by Crippen LogP contribution is 2.26. The van der Waals surface area contributed by atoms with Crippen molar-refractivity contribution in [2.75, 3.05) is 25.1 Å². The highest BCUT2D eigenvalue weighted by molar-refractivity contribution is 7.91. The van der Waals surface area contributed by atoms with Gasteiger partial charge in [0.1, 0.15) is 17.6 Å². The minimum Gasteiger partial charge on any atom is -0.486 e. The molecule has 0 bridgehead atoms. The van der Waals surface area contributed by atoms with Crippen molar-refractivity contribution in [2.24, 2.45) is 0 Å². The van der Waals surface area contributed by atoms with Crippen LogP contribution in [0.5, 0.6) is 5.75 Å². The fraction of sp³-hybridized carbons (Fsp3) is 0.500. The van der Waals surface area contributed by atoms with E-state index in [-0.39, 0.29) is 12.0 Å². The predicted molar refractivity (Wildman–Crippen MR) is 76.6 cm³/mol. The monoisotopic (exact) mass is 297 g/mol. The smallest absolute Gasteiger partial charge is 0.238 e. The summed E-state index contributed by atoms with van der Waals surface area (Å²) in [6.45, 7) is 4.85. The van der Waals surface area contributed by atoms with E-state index in [2.05, 4.69) is 0 Å². The first kappa shape index (κ1) is 14.8. The SMILES string of the molecule is Cc1cccc(C)c1OC1CN(C(=O)CS(C)(=O)=O)C1. The second-order valence-electron chi connectivity index (χ2n) is 5.33. The van der Waals surface area contributed by atoms with Gasteiger partial charge in [-0.3, -0.25) is 4.79 Å². The van der Waals surface area contributed by atoms with Gasteiger partial charge in [-0.2, -0.15) is 0 Å². The van der Waals surface area contributed by atoms with Gasteiger partial charge in [-0.05, 0) is 25.0 Å². The van der Waals surface area contributed by atoms with Crippen molar-refractivity contribution < 1.29 is 17.9 Å². The third kappa shape index (κ3) is 3.50. The number of likely N-dealkylation sites (tertiary alicyclic amines) is 1. The van der Waals surface area contributed by atoms with E-state index in [1.165, 1.54) is 4.90 Å². The largest absolute Gasteiger partial charge is 0.486 e. The number of hydrogen-bond acceptors (Lipinski definition) is 4. The number of benzene rings is 1. The van der Waals surface area contributed by atoms with Crippen molar-refractivity contribution in [3.05, 3.63) is 29.3 Å². The molecular formula is C14H19NO4S. The van der Waals surface area contributed by atoms with E-state index >= 15 is 0 Å². The first-order chi connectivity index (χ1) is 9.26. The van der Waals surface area contributed by atoms with Crippen molar-refractivity contribution in [3.8, 4) is 5.75 Å². The molecule has 1 aromatic carbocycles. The molecule has 0 unspecified atom stereocenters. The maximum absolute atomic E-state index is 11.7. The maximum atomic E-state index is 11.7. The Bertz CT molecular complexity index is 598. The number of aryl methyl sites for hydroxylation is 2. The lowest BCUT2D eigenvalue weighted by Gasteiger charge is -2.39. The molecule has 1 saturated heterocycles. The van der Waals surface area contributed by atoms with E-state index < -0.39 is 15.6 Å². The van der Waals surface area contributed by atoms with Crippen molar-refractivity contribution in [1.82, 2.24) is 4.90 Å². The van der Waals surface area contributed by atoms with Gasteiger partial charge in [-0.1, -0.05) is 18.2 Å². The highest BCUT2D eigenvalue weighted by Gasteiger charge is 2.33. The van der Waals surface area contributed by atoms with Crippen molar-refractivity contribution in [3.63, 3.8) is 0 Å². The Morgan fingerprint density at radius 2 is 1.85 bits per heavy atom. The molecule has 1 aliphatic heterocycles. The number of para-hydroxylation sites is 1. The van der Waals surface area contributed by atoms with Crippen molar-refractivity contribution in [2.45, 2.75) is 20.0 Å². The first-order valence-electron chi connectivity index (χ1n) is 6.44. The molecule has 0 N–H and O–H groups in total. The molecule has 0 spiro atoms. The van der Waals surface area contributed by atoms with Crippen molar-refractivity contribution >= 4 is 15.7 Å². The second-order valence-corrected chi connectivity index (χ2v) is 7.47. The number of hydrogen-bond donors (Lipinski definition) is 0. The van der Waals surface area contributed by atoms with Crippen LogP contribution in [0.25, 0.3) is 0 Å². The summed E-state index contributed by atoms with van der Waals surface area (Å²) >= 11 is 0. The molecule has 0 aliphatic carbocycles. The lowest BCUT2D eigenvalue weighted by Crippen LogP contribution is -2.57. The third-order valence-electron chi connectivity index (χ3n) is 3.28. The fourth-order valence-electron chi connectivity index (χ4n) is 2.18. The summed E-state index contributed by atoms with van der Waals surface area (Å²) in [6.07, 6.45) is 1.01. The second kappa shape index (κ2) is 5.44. The van der Waals surface area contributed by atoms with Crippen LogP contribution in [0.1, 0.15) is 11.1 Å². The number of ether oxygens (including phenoxy) is 1. The average molecular weight is 297 g/mol. The van der Waals surface area contributed by atoms with Gasteiger partial charge in [0.15, 0.2) is 9.84 Å². The summed E-state index contributed by atoms with van der Waals surface area (Å²) in [5.74, 6) is 0.0740. The van der Waals surface area contributed by atoms with Crippen LogP contribution in [0.3, 0.4) is 0 Å². The lowest BCUT2D eigenvalue weighted by atomic mass is 10.1. The summed E-state index contributed by atoms with van der Waals surface area (Å²) in [5.41, 5.74) is 2.12. The molecule has 0 atom stereocenters. The minimum absolute atomic E-state index is 0.0571. The summed E-state index contributed by atoms with van der Waals surface area (Å²) in [7, 11) is -3.27. The zero-order valence-electron chi connectivity index (χ0n) is 11.9. The molecule has 1 aromatic rings. The van der Waals surface area contributed by atoms with E-state index in [0.717, 1.165) is 23.1 Å². The third-order valence-corrected chi connectivity index (χ3v) is 4.05. The Kier molecular flexibility index (Phi) is 4.04. The number of carbonyl (C=O) groups excluding carboxylic acids is 1. The molecule has 0 aromatic heterocycles. The van der Waals surface area contributed by atoms with Gasteiger partial charge in [0.05, 0.1) is 13.1 Å². The minimum atomic E-state index is -3.27. The van der Waals surface area contributed by atoms with E-state index in [1.807, 2.05) is 32.0 Å². The topological polar surface area (TPSA) is 63.7 Å². The molecule has 2 rings (SSSR count). The molecule has 1 fully saturated rings. The van der Waals surface area contributed by atoms with Crippen LogP contribution in [0.2, 0.25) is 0 Å². The maximum Gasteiger partial charge on any atom is 0.238 e. The van der Waals surface area contributed by atoms with Crippen LogP contribution in [0.15, 0.2) is 18.2 Å². The normalized spacial score (nSPS) is 15.8. The first-order valence-corrected chi connectivity index (χ1v) is 8.50. The fourth-order valence-corrected chi connectivity index (χ4v) is 2.81. The Morgan fingerprint density at radius 3 is 2.35 bits per heavy atom. The van der Waals surface area contributed by atoms with Gasteiger partial charge < -0.3 is 9.64 Å². The molecule has 110 valence electrons. The van der Waals surface area contributed by atoms with Gasteiger partial charge in [0.2, 0.25) is 5.91 Å². The van der Waals surface area contributed by atoms with Gasteiger partial charge in [0, 0.05) is 6.26 Å². The Balaban J connectivity index is 1.90. The van der Waals surface area contributed by atoms with Crippen LogP contribution < -0.4 is 4.74 Å². The van der Waals surface area contributed by atoms with E-state index in [4.69, 9.17) is 4.74 Å². The molecule has 1 aliphatic rings. The standard InChI is InChI=1S/C14H19NO4S/c1-10-5-4-6-11(2)14(10)19-12-7-15(8-12)13(16)9-20(3,17)18/h4-6,12H,7-9H2,1-3H3. The van der Waals surface area contributed by atoms with Gasteiger partial charge >= 0.3 is 0 Å². The van der Waals surface area contributed by atoms with Crippen LogP contribution in [-0.4, -0.2) is 50.4 Å². The summed E-state index contributed by atoms with van der Waals surface area (Å²) < 4.78 is 28.0. The van der Waals surface area contributed by atoms with E-state index in [1.54, 1.807) is 0 Å². The van der Waals surface area contributed by atoms with Gasteiger partial charge in [-0.25, -0.2) is 8.42 Å². The van der Waals surface area contributed by atoms with Crippen molar-refractivity contribution in [1.29, 1.82) is 0 Å². The molecule has 1 heterocycles. The summed E-state index contributed by atoms with van der Waals surface area (Å²) in [6, 6.07) is 5.93. The molecule has 0 radical (unpaired) electrons. The average Bonchev–Trinajstić information content (AvgIpc) is 2.23. The highest BCUT2D eigenvalue weighted by atomic mass is 32.2. The zero-order chi connectivity index (χ0) is 14.9. The summed E-state index contributed by atoms with van der Waals surface area (Å²) in [5, 5.41) is 0. The number of sulfone groups is 1. The number of amides is 1. The van der Waals surface area contributed by atoms with Crippen LogP contribution in [0, 0.1) is 13.8 Å². The number of rotatable bonds is 4. The molecule has 1 amide bonds. The summed E-state index contributed by atoms with van der Waals surface area (Å²) in [4.78, 5) is 13.2. The van der Waals surface area contributed by atoms with Crippen LogP contribution in [0.4, 0.5) is 0 Å². The molecule has 6 heteroatoms. The van der Waals surface area contributed by atoms with Gasteiger partial charge in [-0.15, -0.1) is 0 Å². The predicted octanol–water partition coefficient (Wildman–Crippen LogP) is 0.938. The Morgan fingerprint density at radius 1 is 1.30 bits per heavy atom. The Hall–Kier alpha value is -1.56. The van der Waals surface area contributed by atoms with Crippen LogP contribution >= 0.6 is 0 Å². The van der Waals surface area contributed by atoms with Crippen LogP contribution in [-0.2, 0) is 14.6 Å². The van der Waals surface area contributed by atoms with Gasteiger partial charge in [0.25, 0.3) is 0 Å². The lowest BCUT2D eigenvalue weighted by molar-refractivity contribution is -0.137. The zero-order valence-corrected chi connectivity index (χ0v) is 12.7. The van der Waals surface area contributed by atoms with E-state index in [9.17, 15) is 13.2 Å². The molecule has 0 saturated carbocycles. The van der Waals surface area contributed by atoms with E-state index in [0.29, 0.717) is 13.1 Å². The molecule has 5 nitrogen and oxygen atoms in total. The number of carbonyl (C=O) groups is 1. The molecule has 20 heavy (non-hydrogen) atoms. The number of nitrogens with zero attached hydrogens (tertiary/aromatic N) is 1. The quantitative estimate of drug-likeness (QED) is 0.829. The Labute approximate surface area is 119 Å².